The van der Waals surface area contributed by atoms with Crippen LogP contribution in [0.3, 0.4) is 0 Å². The smallest absolute Gasteiger partial charge is 0.107 e. The van der Waals surface area contributed by atoms with Crippen LogP contribution in [0.5, 0.6) is 0 Å². The van der Waals surface area contributed by atoms with Gasteiger partial charge in [-0.1, -0.05) is 32.0 Å². The van der Waals surface area contributed by atoms with Gasteiger partial charge >= 0.3 is 0 Å². The summed E-state index contributed by atoms with van der Waals surface area (Å²) in [6.07, 6.45) is 1.09. The van der Waals surface area contributed by atoms with E-state index in [2.05, 4.69) is 45.1 Å². The second-order valence-electron chi connectivity index (χ2n) is 5.82. The molecule has 1 aliphatic rings. The summed E-state index contributed by atoms with van der Waals surface area (Å²) in [4.78, 5) is 4.77. The monoisotopic (exact) mass is 216 g/mol. The molecule has 1 aromatic carbocycles. The Bertz CT molecular complexity index is 402. The zero-order valence-corrected chi connectivity index (χ0v) is 10.5. The van der Waals surface area contributed by atoms with Crippen molar-refractivity contribution in [1.29, 1.82) is 0 Å². The third-order valence-corrected chi connectivity index (χ3v) is 2.97. The third-order valence-electron chi connectivity index (χ3n) is 2.97. The molecular formula is C14H20N2. The molecule has 0 fully saturated rings. The minimum atomic E-state index is 0.0562. The maximum Gasteiger partial charge on any atom is 0.107 e. The Kier molecular flexibility index (Phi) is 2.53. The standard InChI is InChI=1S/C14H20N2/c1-13(2)10-14(3,4)16-12(13)15-11-8-6-5-7-9-11/h5-9H,10H2,1-4H3,(H,15,16). The second kappa shape index (κ2) is 3.62. The molecule has 0 unspecified atom stereocenters. The zero-order valence-electron chi connectivity index (χ0n) is 10.5. The van der Waals surface area contributed by atoms with Crippen molar-refractivity contribution in [3.05, 3.63) is 30.3 Å². The summed E-state index contributed by atoms with van der Waals surface area (Å²) in [7, 11) is 0. The Balaban J connectivity index is 2.22. The number of nitrogens with zero attached hydrogens (tertiary/aromatic N) is 1. The van der Waals surface area contributed by atoms with Gasteiger partial charge in [-0.05, 0) is 32.4 Å². The fourth-order valence-corrected chi connectivity index (χ4v) is 2.51. The van der Waals surface area contributed by atoms with E-state index in [9.17, 15) is 0 Å². The highest BCUT2D eigenvalue weighted by Crippen LogP contribution is 2.38. The van der Waals surface area contributed by atoms with Gasteiger partial charge in [-0.25, -0.2) is 0 Å². The lowest BCUT2D eigenvalue weighted by atomic mass is 9.83. The van der Waals surface area contributed by atoms with Crippen molar-refractivity contribution in [3.63, 3.8) is 0 Å². The van der Waals surface area contributed by atoms with Crippen LogP contribution >= 0.6 is 0 Å². The van der Waals surface area contributed by atoms with E-state index in [4.69, 9.17) is 4.99 Å². The van der Waals surface area contributed by atoms with Crippen molar-refractivity contribution in [2.24, 2.45) is 10.4 Å². The summed E-state index contributed by atoms with van der Waals surface area (Å²) < 4.78 is 0. The highest BCUT2D eigenvalue weighted by molar-refractivity contribution is 6.00. The summed E-state index contributed by atoms with van der Waals surface area (Å²) in [5, 5.41) is 3.44. The van der Waals surface area contributed by atoms with Crippen molar-refractivity contribution >= 4 is 11.5 Å². The number of rotatable bonds is 1. The van der Waals surface area contributed by atoms with Crippen molar-refractivity contribution in [1.82, 2.24) is 0 Å². The average Bonchev–Trinajstić information content (AvgIpc) is 2.36. The molecule has 0 radical (unpaired) electrons. The lowest BCUT2D eigenvalue weighted by Gasteiger charge is -2.23. The fraction of sp³-hybridized carbons (Fsp3) is 0.500. The number of hydrogen-bond donors (Lipinski definition) is 1. The van der Waals surface area contributed by atoms with Crippen LogP contribution in [0.25, 0.3) is 0 Å². The molecule has 0 saturated carbocycles. The number of aliphatic imine (C=N–C) groups is 1. The Hall–Kier alpha value is -1.31. The van der Waals surface area contributed by atoms with Gasteiger partial charge in [0.05, 0.1) is 5.54 Å². The molecule has 0 aliphatic carbocycles. The number of benzene rings is 1. The minimum absolute atomic E-state index is 0.0562. The highest BCUT2D eigenvalue weighted by atomic mass is 15.1. The van der Waals surface area contributed by atoms with E-state index in [-0.39, 0.29) is 11.0 Å². The topological polar surface area (TPSA) is 24.4 Å². The molecule has 1 heterocycles. The Morgan fingerprint density at radius 2 is 1.69 bits per heavy atom. The van der Waals surface area contributed by atoms with Gasteiger partial charge in [-0.2, -0.15) is 0 Å². The first-order valence-electron chi connectivity index (χ1n) is 5.82. The first-order chi connectivity index (χ1) is 7.39. The molecule has 0 amide bonds. The number of hydrogen-bond acceptors (Lipinski definition) is 2. The van der Waals surface area contributed by atoms with Gasteiger partial charge in [-0.15, -0.1) is 0 Å². The number of anilines is 1. The highest BCUT2D eigenvalue weighted by Gasteiger charge is 2.39. The van der Waals surface area contributed by atoms with E-state index in [1.54, 1.807) is 0 Å². The molecule has 0 spiro atoms. The van der Waals surface area contributed by atoms with Crippen molar-refractivity contribution in [2.75, 3.05) is 5.32 Å². The summed E-state index contributed by atoms with van der Waals surface area (Å²) >= 11 is 0. The van der Waals surface area contributed by atoms with Crippen LogP contribution in [0.4, 0.5) is 5.69 Å². The maximum absolute atomic E-state index is 4.77. The molecule has 0 atom stereocenters. The third kappa shape index (κ3) is 2.26. The van der Waals surface area contributed by atoms with Crippen LogP contribution in [-0.4, -0.2) is 11.4 Å². The van der Waals surface area contributed by atoms with E-state index in [1.807, 2.05) is 18.2 Å². The second-order valence-corrected chi connectivity index (χ2v) is 5.82. The predicted molar refractivity (Wildman–Crippen MR) is 70.0 cm³/mol. The molecule has 1 N–H and O–H groups in total. The summed E-state index contributed by atoms with van der Waals surface area (Å²) in [5.41, 5.74) is 1.31. The van der Waals surface area contributed by atoms with Crippen molar-refractivity contribution < 1.29 is 0 Å². The van der Waals surface area contributed by atoms with E-state index >= 15 is 0 Å². The molecule has 1 aliphatic heterocycles. The lowest BCUT2D eigenvalue weighted by molar-refractivity contribution is 0.391. The van der Waals surface area contributed by atoms with Gasteiger partial charge in [-0.3, -0.25) is 4.99 Å². The summed E-state index contributed by atoms with van der Waals surface area (Å²) in [6, 6.07) is 10.2. The van der Waals surface area contributed by atoms with Crippen LogP contribution < -0.4 is 5.32 Å². The normalized spacial score (nSPS) is 21.6. The number of para-hydroxylation sites is 1. The molecular weight excluding hydrogens is 196 g/mol. The lowest BCUT2D eigenvalue weighted by Crippen LogP contribution is -2.27. The number of nitrogens with one attached hydrogen (secondary N) is 1. The van der Waals surface area contributed by atoms with Crippen LogP contribution in [0.15, 0.2) is 35.3 Å². The Morgan fingerprint density at radius 3 is 2.19 bits per heavy atom. The van der Waals surface area contributed by atoms with Crippen LogP contribution in [0, 0.1) is 5.41 Å². The predicted octanol–water partition coefficient (Wildman–Crippen LogP) is 3.71. The largest absolute Gasteiger partial charge is 0.344 e. The van der Waals surface area contributed by atoms with Gasteiger partial charge in [0.2, 0.25) is 0 Å². The van der Waals surface area contributed by atoms with E-state index in [0.29, 0.717) is 0 Å². The SMILES string of the molecule is CC1(C)CC(C)(C)C(Nc2ccccc2)=N1. The van der Waals surface area contributed by atoms with Crippen molar-refractivity contribution in [3.8, 4) is 0 Å². The zero-order chi connectivity index (χ0) is 11.8. The molecule has 1 aromatic rings. The molecule has 2 nitrogen and oxygen atoms in total. The maximum atomic E-state index is 4.77. The number of amidine groups is 1. The van der Waals surface area contributed by atoms with Gasteiger partial charge in [0.15, 0.2) is 0 Å². The molecule has 0 aromatic heterocycles. The van der Waals surface area contributed by atoms with Crippen LogP contribution in [0.2, 0.25) is 0 Å². The van der Waals surface area contributed by atoms with Gasteiger partial charge < -0.3 is 5.32 Å². The Labute approximate surface area is 97.8 Å². The summed E-state index contributed by atoms with van der Waals surface area (Å²) in [5.74, 6) is 1.10. The van der Waals surface area contributed by atoms with Gasteiger partial charge in [0, 0.05) is 11.1 Å². The molecule has 86 valence electrons. The van der Waals surface area contributed by atoms with Gasteiger partial charge in [0.25, 0.3) is 0 Å². The molecule has 2 heteroatoms. The molecule has 2 rings (SSSR count). The van der Waals surface area contributed by atoms with E-state index in [0.717, 1.165) is 17.9 Å². The van der Waals surface area contributed by atoms with Gasteiger partial charge in [0.1, 0.15) is 5.84 Å². The summed E-state index contributed by atoms with van der Waals surface area (Å²) in [6.45, 7) is 8.87. The molecule has 16 heavy (non-hydrogen) atoms. The fourth-order valence-electron chi connectivity index (χ4n) is 2.51. The average molecular weight is 216 g/mol. The first-order valence-corrected chi connectivity index (χ1v) is 5.82. The first kappa shape index (κ1) is 11.2. The quantitative estimate of drug-likeness (QED) is 0.760. The van der Waals surface area contributed by atoms with Crippen LogP contribution in [-0.2, 0) is 0 Å². The van der Waals surface area contributed by atoms with Crippen molar-refractivity contribution in [2.45, 2.75) is 39.7 Å². The minimum Gasteiger partial charge on any atom is -0.344 e. The van der Waals surface area contributed by atoms with Crippen LogP contribution in [0.1, 0.15) is 34.1 Å². The molecule has 0 saturated heterocycles. The van der Waals surface area contributed by atoms with E-state index in [1.165, 1.54) is 0 Å². The Morgan fingerprint density at radius 1 is 1.06 bits per heavy atom. The van der Waals surface area contributed by atoms with E-state index < -0.39 is 0 Å². The molecule has 0 bridgehead atoms.